The average Bonchev–Trinajstić information content (AvgIpc) is 2.86. The van der Waals surface area contributed by atoms with Crippen LogP contribution in [0.25, 0.3) is 11.2 Å². The number of rotatable bonds is 11. The quantitative estimate of drug-likeness (QED) is 0.159. The van der Waals surface area contributed by atoms with Crippen LogP contribution in [-0.2, 0) is 20.9 Å². The normalized spacial score (nSPS) is 12.2. The van der Waals surface area contributed by atoms with Crippen LogP contribution in [0.3, 0.4) is 0 Å². The van der Waals surface area contributed by atoms with E-state index in [4.69, 9.17) is 5.73 Å². The Morgan fingerprint density at radius 1 is 1.05 bits per heavy atom. The highest BCUT2D eigenvalue weighted by Gasteiger charge is 2.30. The summed E-state index contributed by atoms with van der Waals surface area (Å²) < 4.78 is 0. The van der Waals surface area contributed by atoms with E-state index in [9.17, 15) is 34.2 Å². The van der Waals surface area contributed by atoms with Gasteiger partial charge in [0.05, 0.1) is 18.4 Å². The van der Waals surface area contributed by atoms with Crippen molar-refractivity contribution in [3.05, 3.63) is 64.2 Å². The molecule has 0 bridgehead atoms. The van der Waals surface area contributed by atoms with Crippen LogP contribution in [0, 0.1) is 0 Å². The van der Waals surface area contributed by atoms with Gasteiger partial charge in [0.25, 0.3) is 11.5 Å². The molecule has 2 atom stereocenters. The third kappa shape index (κ3) is 6.87. The first-order chi connectivity index (χ1) is 17.9. The molecule has 0 radical (unpaired) electrons. The van der Waals surface area contributed by atoms with Gasteiger partial charge in [-0.25, -0.2) is 19.6 Å². The maximum atomic E-state index is 12.6. The first kappa shape index (κ1) is 27.3. The Kier molecular flexibility index (Phi) is 8.32. The molecule has 3 rings (SSSR count). The maximum absolute atomic E-state index is 12.6. The van der Waals surface area contributed by atoms with E-state index in [1.165, 1.54) is 25.3 Å². The molecule has 0 fully saturated rings. The van der Waals surface area contributed by atoms with Crippen LogP contribution in [0.2, 0.25) is 0 Å². The summed E-state index contributed by atoms with van der Waals surface area (Å²) in [6, 6.07) is 2.82. The zero-order chi connectivity index (χ0) is 28.0. The zero-order valence-electron chi connectivity index (χ0n) is 20.0. The highest BCUT2D eigenvalue weighted by Crippen LogP contribution is 2.12. The Hall–Kier alpha value is -5.34. The fraction of sp³-hybridized carbons (Fsp3) is 0.217. The van der Waals surface area contributed by atoms with E-state index < -0.39 is 47.8 Å². The molecular formula is C23H24N8O7. The molecular weight excluding hydrogens is 500 g/mol. The fourth-order valence-electron chi connectivity index (χ4n) is 3.19. The predicted octanol–water partition coefficient (Wildman–Crippen LogP) is -0.374. The first-order valence-electron chi connectivity index (χ1n) is 11.0. The summed E-state index contributed by atoms with van der Waals surface area (Å²) in [4.78, 5) is 74.0. The van der Waals surface area contributed by atoms with Crippen molar-refractivity contribution in [2.45, 2.75) is 32.0 Å². The van der Waals surface area contributed by atoms with E-state index in [1.54, 1.807) is 12.1 Å². The Labute approximate surface area is 214 Å². The van der Waals surface area contributed by atoms with Gasteiger partial charge in [0.15, 0.2) is 11.2 Å². The molecule has 15 nitrogen and oxygen atoms in total. The summed E-state index contributed by atoms with van der Waals surface area (Å²) in [7, 11) is 0. The van der Waals surface area contributed by atoms with Crippen LogP contribution in [0.1, 0.15) is 29.4 Å². The minimum absolute atomic E-state index is 0.0304. The van der Waals surface area contributed by atoms with Gasteiger partial charge < -0.3 is 31.9 Å². The van der Waals surface area contributed by atoms with Gasteiger partial charge in [-0.3, -0.25) is 19.4 Å². The number of benzene rings is 1. The molecule has 198 valence electrons. The number of carbonyl (C=O) groups excluding carboxylic acids is 2. The highest BCUT2D eigenvalue weighted by atomic mass is 16.4. The lowest BCUT2D eigenvalue weighted by atomic mass is 10.1. The van der Waals surface area contributed by atoms with Crippen molar-refractivity contribution in [2.24, 2.45) is 0 Å². The lowest BCUT2D eigenvalue weighted by molar-refractivity contribution is -0.143. The SMILES string of the molecule is C=C(C)C(=O)NC(CC(NC(=O)c1ccc(NCc2cnc3nc(N)[nH]c(=O)c3n2)cc1)C(=O)O)C(=O)O. The van der Waals surface area contributed by atoms with Crippen molar-refractivity contribution >= 4 is 46.6 Å². The molecule has 0 saturated carbocycles. The van der Waals surface area contributed by atoms with Crippen molar-refractivity contribution in [1.82, 2.24) is 30.6 Å². The second-order valence-electron chi connectivity index (χ2n) is 8.16. The molecule has 2 aromatic heterocycles. The number of fused-ring (bicyclic) bond motifs is 1. The Balaban J connectivity index is 1.63. The average molecular weight is 524 g/mol. The number of nitrogen functional groups attached to an aromatic ring is 1. The monoisotopic (exact) mass is 524 g/mol. The third-order valence-electron chi connectivity index (χ3n) is 5.17. The topological polar surface area (TPSA) is 242 Å². The molecule has 0 aliphatic carbocycles. The second kappa shape index (κ2) is 11.6. The van der Waals surface area contributed by atoms with E-state index in [-0.39, 0.29) is 34.8 Å². The second-order valence-corrected chi connectivity index (χ2v) is 8.16. The number of H-pyrrole nitrogens is 1. The molecule has 2 heterocycles. The number of carbonyl (C=O) groups is 4. The van der Waals surface area contributed by atoms with Crippen LogP contribution in [-0.4, -0.2) is 66.0 Å². The van der Waals surface area contributed by atoms with Gasteiger partial charge in [0.1, 0.15) is 12.1 Å². The molecule has 0 saturated heterocycles. The van der Waals surface area contributed by atoms with Crippen LogP contribution < -0.4 is 27.2 Å². The van der Waals surface area contributed by atoms with E-state index >= 15 is 0 Å². The predicted molar refractivity (Wildman–Crippen MR) is 134 cm³/mol. The van der Waals surface area contributed by atoms with Gasteiger partial charge in [-0.2, -0.15) is 4.98 Å². The number of hydrogen-bond acceptors (Lipinski definition) is 10. The van der Waals surface area contributed by atoms with E-state index in [2.05, 4.69) is 42.5 Å². The minimum atomic E-state index is -1.59. The van der Waals surface area contributed by atoms with E-state index in [0.29, 0.717) is 11.4 Å². The number of hydrogen-bond donors (Lipinski definition) is 7. The molecule has 3 aromatic rings. The fourth-order valence-corrected chi connectivity index (χ4v) is 3.19. The molecule has 2 amide bonds. The van der Waals surface area contributed by atoms with Crippen LogP contribution in [0.4, 0.5) is 11.6 Å². The lowest BCUT2D eigenvalue weighted by Gasteiger charge is -2.20. The lowest BCUT2D eigenvalue weighted by Crippen LogP contribution is -2.49. The van der Waals surface area contributed by atoms with Gasteiger partial charge in [-0.05, 0) is 31.2 Å². The van der Waals surface area contributed by atoms with Crippen molar-refractivity contribution in [3.63, 3.8) is 0 Å². The number of aliphatic carboxylic acids is 2. The standard InChI is InChI=1S/C23H24N8O7/c1-10(2)18(32)28-14(21(35)36)7-15(22(37)38)29-19(33)11-3-5-12(6-4-11)25-8-13-9-26-17-16(27-13)20(34)31-23(24)30-17/h3-6,9,14-15,25H,1,7-8H2,2H3,(H,28,32)(H,29,33)(H,35,36)(H,37,38)(H3,24,26,30,31,34). The van der Waals surface area contributed by atoms with E-state index in [1.807, 2.05) is 0 Å². The summed E-state index contributed by atoms with van der Waals surface area (Å²) in [5.41, 5.74) is 6.28. The molecule has 0 aliphatic rings. The molecule has 1 aromatic carbocycles. The Bertz CT molecular complexity index is 1470. The van der Waals surface area contributed by atoms with Gasteiger partial charge in [-0.1, -0.05) is 6.58 Å². The zero-order valence-corrected chi connectivity index (χ0v) is 20.0. The molecule has 2 unspecified atom stereocenters. The molecule has 0 spiro atoms. The number of carboxylic acids is 2. The number of aromatic amines is 1. The number of nitrogens with two attached hydrogens (primary N) is 1. The van der Waals surface area contributed by atoms with Gasteiger partial charge in [0, 0.05) is 23.2 Å². The summed E-state index contributed by atoms with van der Waals surface area (Å²) in [6.45, 7) is 4.96. The number of carboxylic acid groups (broad SMARTS) is 2. The summed E-state index contributed by atoms with van der Waals surface area (Å²) in [5.74, 6) is -4.51. The van der Waals surface area contributed by atoms with Gasteiger partial charge in [0.2, 0.25) is 11.9 Å². The number of nitrogens with zero attached hydrogens (tertiary/aromatic N) is 3. The van der Waals surface area contributed by atoms with Gasteiger partial charge in [-0.15, -0.1) is 0 Å². The molecule has 8 N–H and O–H groups in total. The van der Waals surface area contributed by atoms with Crippen LogP contribution in [0.15, 0.2) is 47.4 Å². The molecule has 38 heavy (non-hydrogen) atoms. The van der Waals surface area contributed by atoms with Crippen molar-refractivity contribution in [3.8, 4) is 0 Å². The Morgan fingerprint density at radius 2 is 1.68 bits per heavy atom. The minimum Gasteiger partial charge on any atom is -0.480 e. The highest BCUT2D eigenvalue weighted by molar-refractivity contribution is 5.97. The Morgan fingerprint density at radius 3 is 2.29 bits per heavy atom. The smallest absolute Gasteiger partial charge is 0.326 e. The number of aromatic nitrogens is 4. The largest absolute Gasteiger partial charge is 0.480 e. The summed E-state index contributed by atoms with van der Waals surface area (Å²) >= 11 is 0. The number of amides is 2. The van der Waals surface area contributed by atoms with Crippen LogP contribution in [0.5, 0.6) is 0 Å². The maximum Gasteiger partial charge on any atom is 0.326 e. The first-order valence-corrected chi connectivity index (χ1v) is 11.0. The molecule has 0 aliphatic heterocycles. The number of anilines is 2. The van der Waals surface area contributed by atoms with Crippen molar-refractivity contribution in [2.75, 3.05) is 11.1 Å². The summed E-state index contributed by atoms with van der Waals surface area (Å²) in [6.07, 6.45) is 0.838. The van der Waals surface area contributed by atoms with Crippen molar-refractivity contribution < 1.29 is 29.4 Å². The van der Waals surface area contributed by atoms with Crippen molar-refractivity contribution in [1.29, 1.82) is 0 Å². The van der Waals surface area contributed by atoms with E-state index in [0.717, 1.165) is 0 Å². The number of nitrogens with one attached hydrogen (secondary N) is 4. The molecule has 15 heteroatoms. The summed E-state index contributed by atoms with van der Waals surface area (Å²) in [5, 5.41) is 26.3. The van der Waals surface area contributed by atoms with Gasteiger partial charge >= 0.3 is 11.9 Å². The third-order valence-corrected chi connectivity index (χ3v) is 5.17. The van der Waals surface area contributed by atoms with Crippen LogP contribution >= 0.6 is 0 Å².